The maximum atomic E-state index is 10.6. The lowest BCUT2D eigenvalue weighted by atomic mass is 9.88. The summed E-state index contributed by atoms with van der Waals surface area (Å²) < 4.78 is 0. The fourth-order valence-electron chi connectivity index (χ4n) is 5.15. The highest BCUT2D eigenvalue weighted by Gasteiger charge is 2.43. The third kappa shape index (κ3) is 7.02. The summed E-state index contributed by atoms with van der Waals surface area (Å²) in [6.07, 6.45) is 9.26. The van der Waals surface area contributed by atoms with Crippen LogP contribution in [0.4, 0.5) is 0 Å². The van der Waals surface area contributed by atoms with E-state index in [1.54, 1.807) is 0 Å². The first kappa shape index (κ1) is 25.2. The molecule has 1 aromatic carbocycles. The molecule has 32 heavy (non-hydrogen) atoms. The Morgan fingerprint density at radius 2 is 2.03 bits per heavy atom. The molecule has 3 N–H and O–H groups in total. The Morgan fingerprint density at radius 1 is 1.25 bits per heavy atom. The van der Waals surface area contributed by atoms with Crippen molar-refractivity contribution in [3.05, 3.63) is 59.2 Å². The van der Waals surface area contributed by atoms with Crippen molar-refractivity contribution < 1.29 is 10.2 Å². The van der Waals surface area contributed by atoms with Crippen molar-refractivity contribution in [1.82, 2.24) is 10.2 Å². The average Bonchev–Trinajstić information content (AvgIpc) is 3.21. The molecule has 2 aliphatic carbocycles. The van der Waals surface area contributed by atoms with Crippen LogP contribution in [0.25, 0.3) is 0 Å². The zero-order valence-electron chi connectivity index (χ0n) is 20.7. The summed E-state index contributed by atoms with van der Waals surface area (Å²) in [4.78, 5) is 2.38. The van der Waals surface area contributed by atoms with Gasteiger partial charge in [-0.1, -0.05) is 53.6 Å². The van der Waals surface area contributed by atoms with Gasteiger partial charge in [-0.2, -0.15) is 0 Å². The highest BCUT2D eigenvalue weighted by Crippen LogP contribution is 2.47. The predicted octanol–water partition coefficient (Wildman–Crippen LogP) is 4.11. The first-order chi connectivity index (χ1) is 15.1. The SMILES string of the molecule is Cc1cccc(C[C@H](O)/C=C/[C@@H]2[C@H]3CC(CCNCCN(C)C(C)(C)C)=C[C@H]3C[C@H]2O)c1. The van der Waals surface area contributed by atoms with Crippen LogP contribution in [-0.4, -0.2) is 59.5 Å². The fourth-order valence-corrected chi connectivity index (χ4v) is 5.15. The molecule has 2 aliphatic rings. The number of likely N-dealkylation sites (N-methyl/N-ethyl adjacent to an activating group) is 1. The second kappa shape index (κ2) is 11.1. The Kier molecular flexibility index (Phi) is 8.74. The van der Waals surface area contributed by atoms with E-state index in [2.05, 4.69) is 75.3 Å². The molecule has 5 atom stereocenters. The Hall–Kier alpha value is -1.46. The zero-order valence-corrected chi connectivity index (χ0v) is 20.7. The monoisotopic (exact) mass is 440 g/mol. The molecule has 0 radical (unpaired) electrons. The topological polar surface area (TPSA) is 55.7 Å². The van der Waals surface area contributed by atoms with Crippen LogP contribution >= 0.6 is 0 Å². The molecule has 0 aliphatic heterocycles. The Bertz CT molecular complexity index is 795. The molecular weight excluding hydrogens is 396 g/mol. The van der Waals surface area contributed by atoms with Crippen molar-refractivity contribution in [1.29, 1.82) is 0 Å². The van der Waals surface area contributed by atoms with E-state index in [9.17, 15) is 10.2 Å². The number of aryl methyl sites for hydroxylation is 1. The number of benzene rings is 1. The number of rotatable bonds is 10. The van der Waals surface area contributed by atoms with E-state index < -0.39 is 6.10 Å². The zero-order chi connectivity index (χ0) is 23.3. The molecule has 4 heteroatoms. The van der Waals surface area contributed by atoms with Crippen LogP contribution in [0.15, 0.2) is 48.1 Å². The number of hydrogen-bond donors (Lipinski definition) is 3. The quantitative estimate of drug-likeness (QED) is 0.379. The molecule has 0 amide bonds. The molecule has 178 valence electrons. The normalized spacial score (nSPS) is 26.7. The van der Waals surface area contributed by atoms with Crippen LogP contribution in [0.3, 0.4) is 0 Å². The molecular formula is C28H44N2O2. The molecule has 1 fully saturated rings. The Morgan fingerprint density at radius 3 is 2.75 bits per heavy atom. The van der Waals surface area contributed by atoms with Gasteiger partial charge < -0.3 is 20.4 Å². The molecule has 0 unspecified atom stereocenters. The van der Waals surface area contributed by atoms with Crippen molar-refractivity contribution in [2.24, 2.45) is 17.8 Å². The lowest BCUT2D eigenvalue weighted by Crippen LogP contribution is -2.42. The summed E-state index contributed by atoms with van der Waals surface area (Å²) >= 11 is 0. The van der Waals surface area contributed by atoms with E-state index in [-0.39, 0.29) is 17.6 Å². The maximum Gasteiger partial charge on any atom is 0.0761 e. The van der Waals surface area contributed by atoms with Crippen LogP contribution in [0, 0.1) is 24.7 Å². The number of hydrogen-bond acceptors (Lipinski definition) is 4. The number of nitrogens with zero attached hydrogens (tertiary/aromatic N) is 1. The Labute approximate surface area is 195 Å². The van der Waals surface area contributed by atoms with E-state index in [4.69, 9.17) is 0 Å². The standard InChI is InChI=1S/C28H44N2O2/c1-20-7-6-8-21(15-20)17-24(31)9-10-25-26-18-22(16-23(26)19-27(25)32)11-12-29-13-14-30(5)28(2,3)4/h6-10,15-16,23-27,29,31-32H,11-14,17-19H2,1-5H3/b10-9+/t23-,24+,25+,26-,27+/m0/s1. The van der Waals surface area contributed by atoms with Crippen molar-refractivity contribution >= 4 is 0 Å². The number of aliphatic hydroxyl groups is 2. The van der Waals surface area contributed by atoms with Gasteiger partial charge in [-0.3, -0.25) is 0 Å². The van der Waals surface area contributed by atoms with Crippen LogP contribution < -0.4 is 5.32 Å². The molecule has 0 aromatic heterocycles. The van der Waals surface area contributed by atoms with Crippen molar-refractivity contribution in [3.8, 4) is 0 Å². The summed E-state index contributed by atoms with van der Waals surface area (Å²) in [7, 11) is 2.18. The van der Waals surface area contributed by atoms with Crippen LogP contribution in [0.1, 0.15) is 51.2 Å². The summed E-state index contributed by atoms with van der Waals surface area (Å²) in [5.41, 5.74) is 4.11. The number of aliphatic hydroxyl groups excluding tert-OH is 2. The van der Waals surface area contributed by atoms with Gasteiger partial charge >= 0.3 is 0 Å². The Balaban J connectivity index is 1.43. The molecule has 0 heterocycles. The minimum atomic E-state index is -0.507. The molecule has 3 rings (SSSR count). The van der Waals surface area contributed by atoms with E-state index in [0.29, 0.717) is 18.3 Å². The van der Waals surface area contributed by atoms with Gasteiger partial charge in [-0.15, -0.1) is 0 Å². The summed E-state index contributed by atoms with van der Waals surface area (Å²) in [5, 5.41) is 24.7. The predicted molar refractivity (Wildman–Crippen MR) is 134 cm³/mol. The van der Waals surface area contributed by atoms with Crippen molar-refractivity contribution in [2.45, 2.75) is 71.1 Å². The molecule has 0 spiro atoms. The summed E-state index contributed by atoms with van der Waals surface area (Å²) in [6, 6.07) is 8.30. The van der Waals surface area contributed by atoms with Gasteiger partial charge in [0.15, 0.2) is 0 Å². The second-order valence-corrected chi connectivity index (χ2v) is 11.0. The van der Waals surface area contributed by atoms with Gasteiger partial charge in [0, 0.05) is 31.0 Å². The van der Waals surface area contributed by atoms with Gasteiger partial charge in [0.25, 0.3) is 0 Å². The lowest BCUT2D eigenvalue weighted by molar-refractivity contribution is 0.140. The third-order valence-corrected chi connectivity index (χ3v) is 7.42. The summed E-state index contributed by atoms with van der Waals surface area (Å²) in [6.45, 7) is 11.9. The van der Waals surface area contributed by atoms with Crippen LogP contribution in [0.2, 0.25) is 0 Å². The smallest absolute Gasteiger partial charge is 0.0761 e. The van der Waals surface area contributed by atoms with Gasteiger partial charge in [0.05, 0.1) is 12.2 Å². The van der Waals surface area contributed by atoms with Crippen molar-refractivity contribution in [3.63, 3.8) is 0 Å². The average molecular weight is 441 g/mol. The van der Waals surface area contributed by atoms with E-state index in [1.807, 2.05) is 12.1 Å². The molecule has 4 nitrogen and oxygen atoms in total. The lowest BCUT2D eigenvalue weighted by Gasteiger charge is -2.31. The van der Waals surface area contributed by atoms with E-state index in [0.717, 1.165) is 44.5 Å². The third-order valence-electron chi connectivity index (χ3n) is 7.42. The van der Waals surface area contributed by atoms with E-state index in [1.165, 1.54) is 11.1 Å². The maximum absolute atomic E-state index is 10.6. The molecule has 0 saturated heterocycles. The molecule has 1 aromatic rings. The highest BCUT2D eigenvalue weighted by molar-refractivity contribution is 5.24. The van der Waals surface area contributed by atoms with E-state index >= 15 is 0 Å². The number of nitrogens with one attached hydrogen (secondary N) is 1. The largest absolute Gasteiger partial charge is 0.392 e. The second-order valence-electron chi connectivity index (χ2n) is 11.0. The van der Waals surface area contributed by atoms with Crippen molar-refractivity contribution in [2.75, 3.05) is 26.7 Å². The van der Waals surface area contributed by atoms with Gasteiger partial charge in [-0.05, 0) is 77.9 Å². The first-order valence-electron chi connectivity index (χ1n) is 12.3. The number of allylic oxidation sites excluding steroid dienone is 1. The van der Waals surface area contributed by atoms with Crippen LogP contribution in [0.5, 0.6) is 0 Å². The van der Waals surface area contributed by atoms with Gasteiger partial charge in [0.2, 0.25) is 0 Å². The minimum Gasteiger partial charge on any atom is -0.392 e. The van der Waals surface area contributed by atoms with Crippen LogP contribution in [-0.2, 0) is 6.42 Å². The number of fused-ring (bicyclic) bond motifs is 1. The highest BCUT2D eigenvalue weighted by atomic mass is 16.3. The summed E-state index contributed by atoms with van der Waals surface area (Å²) in [5.74, 6) is 1.11. The van der Waals surface area contributed by atoms with Gasteiger partial charge in [0.1, 0.15) is 0 Å². The molecule has 0 bridgehead atoms. The van der Waals surface area contributed by atoms with Gasteiger partial charge in [-0.25, -0.2) is 0 Å². The fraction of sp³-hybridized carbons (Fsp3) is 0.643. The minimum absolute atomic E-state index is 0.148. The first-order valence-corrected chi connectivity index (χ1v) is 12.3. The molecule has 1 saturated carbocycles.